The fourth-order valence-electron chi connectivity index (χ4n) is 1.68. The minimum Gasteiger partial charge on any atom is -0.389 e. The molecule has 0 saturated heterocycles. The van der Waals surface area contributed by atoms with Gasteiger partial charge < -0.3 is 11.1 Å². The van der Waals surface area contributed by atoms with Gasteiger partial charge in [-0.15, -0.1) is 0 Å². The Kier molecular flexibility index (Phi) is 3.84. The van der Waals surface area contributed by atoms with Crippen LogP contribution in [0.3, 0.4) is 0 Å². The highest BCUT2D eigenvalue weighted by Crippen LogP contribution is 2.27. The van der Waals surface area contributed by atoms with Crippen LogP contribution < -0.4 is 11.1 Å². The summed E-state index contributed by atoms with van der Waals surface area (Å²) < 4.78 is 0. The van der Waals surface area contributed by atoms with Crippen LogP contribution in [0.5, 0.6) is 0 Å². The lowest BCUT2D eigenvalue weighted by Gasteiger charge is -2.13. The van der Waals surface area contributed by atoms with E-state index in [9.17, 15) is 0 Å². The number of aryl methyl sites for hydroxylation is 1. The number of hydrogen-bond acceptors (Lipinski definition) is 2. The number of nitrogens with two attached hydrogens (primary N) is 1. The Hall–Kier alpha value is -1.58. The number of para-hydroxylation sites is 1. The molecule has 0 heterocycles. The lowest BCUT2D eigenvalue weighted by atomic mass is 10.1. The molecule has 0 radical (unpaired) electrons. The van der Waals surface area contributed by atoms with Crippen molar-refractivity contribution in [1.29, 1.82) is 0 Å². The van der Waals surface area contributed by atoms with Gasteiger partial charge in [0.15, 0.2) is 0 Å². The van der Waals surface area contributed by atoms with E-state index in [4.69, 9.17) is 29.6 Å². The topological polar surface area (TPSA) is 38.0 Å². The summed E-state index contributed by atoms with van der Waals surface area (Å²) in [6.45, 7) is 2.00. The van der Waals surface area contributed by atoms with Crippen molar-refractivity contribution < 1.29 is 0 Å². The standard InChI is InChI=1S/C14H13ClN2S/c1-9-6-7-12(10(8-9)14(16)18)17-13-5-3-2-4-11(13)15/h2-8,17H,1H3,(H2,16,18). The quantitative estimate of drug-likeness (QED) is 0.832. The molecule has 2 rings (SSSR count). The summed E-state index contributed by atoms with van der Waals surface area (Å²) in [5.41, 5.74) is 9.37. The first-order chi connectivity index (χ1) is 8.58. The molecule has 2 aromatic carbocycles. The number of nitrogens with one attached hydrogen (secondary N) is 1. The molecule has 0 amide bonds. The maximum absolute atomic E-state index is 6.11. The summed E-state index contributed by atoms with van der Waals surface area (Å²) in [5, 5.41) is 3.91. The van der Waals surface area contributed by atoms with E-state index in [-0.39, 0.29) is 0 Å². The molecule has 0 aliphatic rings. The molecule has 0 spiro atoms. The van der Waals surface area contributed by atoms with Crippen LogP contribution in [0.15, 0.2) is 42.5 Å². The van der Waals surface area contributed by atoms with Crippen molar-refractivity contribution in [2.24, 2.45) is 5.73 Å². The second-order valence-corrected chi connectivity index (χ2v) is 4.87. The fraction of sp³-hybridized carbons (Fsp3) is 0.0714. The summed E-state index contributed by atoms with van der Waals surface area (Å²) >= 11 is 11.2. The number of hydrogen-bond donors (Lipinski definition) is 2. The van der Waals surface area contributed by atoms with Crippen LogP contribution in [-0.2, 0) is 0 Å². The van der Waals surface area contributed by atoms with Crippen LogP contribution in [0.25, 0.3) is 0 Å². The average Bonchev–Trinajstić information content (AvgIpc) is 2.34. The maximum atomic E-state index is 6.11. The van der Waals surface area contributed by atoms with Gasteiger partial charge in [-0.25, -0.2) is 0 Å². The molecular weight excluding hydrogens is 264 g/mol. The van der Waals surface area contributed by atoms with E-state index in [2.05, 4.69) is 5.32 Å². The minimum atomic E-state index is 0.369. The van der Waals surface area contributed by atoms with Gasteiger partial charge in [0.05, 0.1) is 10.7 Å². The molecule has 0 aliphatic heterocycles. The molecule has 0 aromatic heterocycles. The summed E-state index contributed by atoms with van der Waals surface area (Å²) in [7, 11) is 0. The predicted octanol–water partition coefficient (Wildman–Crippen LogP) is 4.03. The van der Waals surface area contributed by atoms with E-state index >= 15 is 0 Å². The first-order valence-electron chi connectivity index (χ1n) is 5.50. The Morgan fingerprint density at radius 1 is 1.17 bits per heavy atom. The van der Waals surface area contributed by atoms with Crippen molar-refractivity contribution in [1.82, 2.24) is 0 Å². The van der Waals surface area contributed by atoms with Gasteiger partial charge in [0.2, 0.25) is 0 Å². The Bertz CT molecular complexity index is 596. The second-order valence-electron chi connectivity index (χ2n) is 4.02. The number of thiocarbonyl (C=S) groups is 1. The molecule has 0 fully saturated rings. The molecule has 0 unspecified atom stereocenters. The molecule has 0 saturated carbocycles. The van der Waals surface area contributed by atoms with E-state index in [0.717, 1.165) is 22.5 Å². The van der Waals surface area contributed by atoms with E-state index in [0.29, 0.717) is 10.0 Å². The van der Waals surface area contributed by atoms with Crippen LogP contribution in [-0.4, -0.2) is 4.99 Å². The summed E-state index contributed by atoms with van der Waals surface area (Å²) in [5.74, 6) is 0. The van der Waals surface area contributed by atoms with Crippen molar-refractivity contribution in [2.75, 3.05) is 5.32 Å². The van der Waals surface area contributed by atoms with Gasteiger partial charge in [0, 0.05) is 11.3 Å². The molecule has 0 aliphatic carbocycles. The summed E-state index contributed by atoms with van der Waals surface area (Å²) in [4.78, 5) is 0.369. The first-order valence-corrected chi connectivity index (χ1v) is 6.28. The van der Waals surface area contributed by atoms with Gasteiger partial charge in [0.25, 0.3) is 0 Å². The van der Waals surface area contributed by atoms with Gasteiger partial charge in [-0.2, -0.15) is 0 Å². The highest BCUT2D eigenvalue weighted by atomic mass is 35.5. The van der Waals surface area contributed by atoms with Crippen LogP contribution >= 0.6 is 23.8 Å². The molecule has 92 valence electrons. The van der Waals surface area contributed by atoms with Crippen LogP contribution in [0.2, 0.25) is 5.02 Å². The zero-order chi connectivity index (χ0) is 13.1. The monoisotopic (exact) mass is 276 g/mol. The molecule has 2 nitrogen and oxygen atoms in total. The van der Waals surface area contributed by atoms with Crippen molar-refractivity contribution in [3.63, 3.8) is 0 Å². The second kappa shape index (κ2) is 5.38. The normalized spacial score (nSPS) is 10.1. The smallest absolute Gasteiger partial charge is 0.106 e. The average molecular weight is 277 g/mol. The zero-order valence-corrected chi connectivity index (χ0v) is 11.5. The van der Waals surface area contributed by atoms with E-state index < -0.39 is 0 Å². The SMILES string of the molecule is Cc1ccc(Nc2ccccc2Cl)c(C(N)=S)c1. The third kappa shape index (κ3) is 2.81. The van der Waals surface area contributed by atoms with E-state index in [1.807, 2.05) is 49.4 Å². The Morgan fingerprint density at radius 2 is 1.89 bits per heavy atom. The molecular formula is C14H13ClN2S. The van der Waals surface area contributed by atoms with E-state index in [1.54, 1.807) is 0 Å². The molecule has 0 atom stereocenters. The third-order valence-corrected chi connectivity index (χ3v) is 3.13. The molecule has 4 heteroatoms. The number of rotatable bonds is 3. The van der Waals surface area contributed by atoms with Gasteiger partial charge in [0.1, 0.15) is 4.99 Å². The van der Waals surface area contributed by atoms with Crippen molar-refractivity contribution in [2.45, 2.75) is 6.92 Å². The van der Waals surface area contributed by atoms with Gasteiger partial charge >= 0.3 is 0 Å². The Morgan fingerprint density at radius 3 is 2.56 bits per heavy atom. The maximum Gasteiger partial charge on any atom is 0.106 e. The first kappa shape index (κ1) is 12.9. The Balaban J connectivity index is 2.41. The summed E-state index contributed by atoms with van der Waals surface area (Å²) in [6, 6.07) is 13.5. The van der Waals surface area contributed by atoms with Crippen LogP contribution in [0, 0.1) is 6.92 Å². The largest absolute Gasteiger partial charge is 0.389 e. The van der Waals surface area contributed by atoms with Gasteiger partial charge in [-0.1, -0.05) is 47.6 Å². The van der Waals surface area contributed by atoms with Crippen molar-refractivity contribution in [3.8, 4) is 0 Å². The molecule has 0 bridgehead atoms. The minimum absolute atomic E-state index is 0.369. The fourth-order valence-corrected chi connectivity index (χ4v) is 2.03. The van der Waals surface area contributed by atoms with Crippen LogP contribution in [0.4, 0.5) is 11.4 Å². The van der Waals surface area contributed by atoms with Crippen molar-refractivity contribution in [3.05, 3.63) is 58.6 Å². The van der Waals surface area contributed by atoms with E-state index in [1.165, 1.54) is 0 Å². The molecule has 18 heavy (non-hydrogen) atoms. The highest BCUT2D eigenvalue weighted by molar-refractivity contribution is 7.80. The van der Waals surface area contributed by atoms with Gasteiger partial charge in [-0.05, 0) is 31.2 Å². The number of halogens is 1. The predicted molar refractivity (Wildman–Crippen MR) is 81.8 cm³/mol. The summed E-state index contributed by atoms with van der Waals surface area (Å²) in [6.07, 6.45) is 0. The van der Waals surface area contributed by atoms with Crippen molar-refractivity contribution >= 4 is 40.2 Å². The van der Waals surface area contributed by atoms with Crippen LogP contribution in [0.1, 0.15) is 11.1 Å². The zero-order valence-electron chi connectivity index (χ0n) is 9.91. The Labute approximate surface area is 117 Å². The van der Waals surface area contributed by atoms with Gasteiger partial charge in [-0.3, -0.25) is 0 Å². The lowest BCUT2D eigenvalue weighted by molar-refractivity contribution is 1.43. The third-order valence-electron chi connectivity index (χ3n) is 2.58. The number of anilines is 2. The number of benzene rings is 2. The lowest BCUT2D eigenvalue weighted by Crippen LogP contribution is -2.12. The highest BCUT2D eigenvalue weighted by Gasteiger charge is 2.07. The molecule has 3 N–H and O–H groups in total. The molecule has 2 aromatic rings.